The van der Waals surface area contributed by atoms with Gasteiger partial charge in [-0.15, -0.1) is 0 Å². The summed E-state index contributed by atoms with van der Waals surface area (Å²) in [6, 6.07) is 18.6. The number of nitrogens with zero attached hydrogens (tertiary/aromatic N) is 3. The van der Waals surface area contributed by atoms with Crippen molar-refractivity contribution in [2.75, 3.05) is 13.1 Å². The minimum Gasteiger partial charge on any atom is -0.444 e. The average molecular weight is 683 g/mol. The van der Waals surface area contributed by atoms with E-state index in [0.717, 1.165) is 61.7 Å². The summed E-state index contributed by atoms with van der Waals surface area (Å²) in [5, 5.41) is 6.03. The van der Waals surface area contributed by atoms with Crippen molar-refractivity contribution in [2.45, 2.75) is 109 Å². The summed E-state index contributed by atoms with van der Waals surface area (Å²) in [6.45, 7) is 7.52. The number of carbonyl (C=O) groups excluding carboxylic acids is 1. The zero-order chi connectivity index (χ0) is 34.7. The number of imidazole rings is 2. The van der Waals surface area contributed by atoms with E-state index in [9.17, 15) is 4.79 Å². The van der Waals surface area contributed by atoms with Crippen LogP contribution in [0, 0.1) is 5.41 Å². The first-order valence-corrected chi connectivity index (χ1v) is 19.2. The second-order valence-corrected chi connectivity index (χ2v) is 16.7. The Hall–Kier alpha value is -4.43. The summed E-state index contributed by atoms with van der Waals surface area (Å²) < 4.78 is 5.75. The fraction of sp³-hybridized carbons (Fsp3) is 0.465. The van der Waals surface area contributed by atoms with Crippen molar-refractivity contribution in [1.29, 1.82) is 0 Å². The SMILES string of the molecule is CC(C)(C)OC(=O)N1CCC[C@H]1c1ncc(-c2ccc(-c3ccc4cc(-c5cnc([C@@H]6CCCN6)[nH]5)ccc4c3)c3c2CC2(CCCCC2)C3)[nH]1. The van der Waals surface area contributed by atoms with E-state index in [1.165, 1.54) is 82.7 Å². The lowest BCUT2D eigenvalue weighted by atomic mass is 9.72. The van der Waals surface area contributed by atoms with Crippen LogP contribution in [0.25, 0.3) is 44.4 Å². The van der Waals surface area contributed by atoms with Crippen molar-refractivity contribution in [2.24, 2.45) is 5.41 Å². The maximum absolute atomic E-state index is 13.1. The Morgan fingerprint density at radius 2 is 1.47 bits per heavy atom. The molecule has 0 unspecified atom stereocenters. The highest BCUT2D eigenvalue weighted by atomic mass is 16.6. The second-order valence-electron chi connectivity index (χ2n) is 16.7. The fourth-order valence-corrected chi connectivity index (χ4v) is 9.48. The number of hydrogen-bond donors (Lipinski definition) is 3. The van der Waals surface area contributed by atoms with E-state index in [-0.39, 0.29) is 12.1 Å². The predicted octanol–water partition coefficient (Wildman–Crippen LogP) is 9.83. The second kappa shape index (κ2) is 12.7. The molecule has 1 spiro atoms. The molecule has 8 nitrogen and oxygen atoms in total. The van der Waals surface area contributed by atoms with Crippen LogP contribution in [0.4, 0.5) is 4.79 Å². The molecule has 3 N–H and O–H groups in total. The minimum atomic E-state index is -0.527. The van der Waals surface area contributed by atoms with Crippen LogP contribution in [0.3, 0.4) is 0 Å². The van der Waals surface area contributed by atoms with Gasteiger partial charge in [0, 0.05) is 17.7 Å². The molecule has 0 radical (unpaired) electrons. The predicted molar refractivity (Wildman–Crippen MR) is 202 cm³/mol. The fourth-order valence-electron chi connectivity index (χ4n) is 9.48. The van der Waals surface area contributed by atoms with Gasteiger partial charge in [-0.05, 0) is 129 Å². The molecule has 4 aliphatic rings. The van der Waals surface area contributed by atoms with Crippen LogP contribution in [0.2, 0.25) is 0 Å². The number of likely N-dealkylation sites (tertiary alicyclic amines) is 1. The van der Waals surface area contributed by atoms with E-state index in [4.69, 9.17) is 14.7 Å². The van der Waals surface area contributed by atoms with Crippen LogP contribution < -0.4 is 5.32 Å². The van der Waals surface area contributed by atoms with Gasteiger partial charge in [0.2, 0.25) is 0 Å². The molecule has 264 valence electrons. The number of rotatable bonds is 5. The first-order valence-electron chi connectivity index (χ1n) is 19.2. The molecule has 1 saturated carbocycles. The van der Waals surface area contributed by atoms with Gasteiger partial charge in [-0.2, -0.15) is 0 Å². The molecule has 5 aromatic rings. The Balaban J connectivity index is 1.03. The van der Waals surface area contributed by atoms with Crippen molar-refractivity contribution in [1.82, 2.24) is 30.2 Å². The normalized spacial score (nSPS) is 21.5. The minimum absolute atomic E-state index is 0.0941. The number of benzene rings is 3. The van der Waals surface area contributed by atoms with Crippen LogP contribution in [0.1, 0.15) is 113 Å². The number of carbonyl (C=O) groups is 1. The summed E-state index contributed by atoms with van der Waals surface area (Å²) >= 11 is 0. The van der Waals surface area contributed by atoms with Crippen LogP contribution in [0.15, 0.2) is 60.9 Å². The molecule has 2 aliphatic heterocycles. The first-order chi connectivity index (χ1) is 24.7. The maximum atomic E-state index is 13.1. The number of amides is 1. The van der Waals surface area contributed by atoms with Gasteiger partial charge in [-0.25, -0.2) is 14.8 Å². The third kappa shape index (κ3) is 6.15. The number of fused-ring (bicyclic) bond motifs is 2. The van der Waals surface area contributed by atoms with Gasteiger partial charge in [-0.3, -0.25) is 4.90 Å². The third-order valence-corrected chi connectivity index (χ3v) is 12.0. The largest absolute Gasteiger partial charge is 0.444 e. The molecule has 4 heterocycles. The molecule has 2 atom stereocenters. The Morgan fingerprint density at radius 1 is 0.784 bits per heavy atom. The van der Waals surface area contributed by atoms with Gasteiger partial charge in [0.15, 0.2) is 0 Å². The van der Waals surface area contributed by atoms with E-state index in [2.05, 4.69) is 63.8 Å². The van der Waals surface area contributed by atoms with Gasteiger partial charge in [0.25, 0.3) is 0 Å². The number of nitrogens with one attached hydrogen (secondary N) is 3. The van der Waals surface area contributed by atoms with E-state index in [0.29, 0.717) is 18.0 Å². The molecule has 8 heteroatoms. The lowest BCUT2D eigenvalue weighted by Crippen LogP contribution is -2.36. The van der Waals surface area contributed by atoms with E-state index >= 15 is 0 Å². The molecule has 51 heavy (non-hydrogen) atoms. The standard InChI is InChI=1S/C43H50N6O2/c1-42(2,3)51-41(50)49-20-8-10-38(49)40-46-26-37(48-40)32-16-15-31(33-23-43(24-34(32)33)17-5-4-6-18-43)29-13-11-28-22-30(14-12-27(28)21-29)36-25-45-39(47-36)35-9-7-19-44-35/h11-16,21-22,25-26,35,38,44H,4-10,17-20,23-24H2,1-3H3,(H,45,47)(H,46,48)/t35-,38-/m0/s1. The molecular formula is C43H50N6O2. The van der Waals surface area contributed by atoms with Crippen LogP contribution in [0.5, 0.6) is 0 Å². The topological polar surface area (TPSA) is 98.9 Å². The maximum Gasteiger partial charge on any atom is 0.410 e. The summed E-state index contributed by atoms with van der Waals surface area (Å²) in [5.41, 5.74) is 9.98. The molecule has 3 fully saturated rings. The molecular weight excluding hydrogens is 633 g/mol. The van der Waals surface area contributed by atoms with E-state index in [1.54, 1.807) is 0 Å². The Labute approximate surface area is 300 Å². The van der Waals surface area contributed by atoms with Gasteiger partial charge >= 0.3 is 6.09 Å². The van der Waals surface area contributed by atoms with Crippen molar-refractivity contribution >= 4 is 16.9 Å². The van der Waals surface area contributed by atoms with Gasteiger partial charge in [0.1, 0.15) is 17.2 Å². The van der Waals surface area contributed by atoms with Gasteiger partial charge in [-0.1, -0.05) is 55.7 Å². The zero-order valence-corrected chi connectivity index (χ0v) is 30.3. The smallest absolute Gasteiger partial charge is 0.410 e. The molecule has 3 aromatic carbocycles. The molecule has 2 aliphatic carbocycles. The summed E-state index contributed by atoms with van der Waals surface area (Å²) in [5.74, 6) is 1.89. The molecule has 9 rings (SSSR count). The molecule has 2 aromatic heterocycles. The average Bonchev–Trinajstić information content (AvgIpc) is 3.96. The first kappa shape index (κ1) is 32.5. The van der Waals surface area contributed by atoms with E-state index in [1.807, 2.05) is 38.1 Å². The lowest BCUT2D eigenvalue weighted by molar-refractivity contribution is 0.0218. The summed E-state index contributed by atoms with van der Waals surface area (Å²) in [4.78, 5) is 31.8. The highest BCUT2D eigenvalue weighted by Crippen LogP contribution is 2.52. The number of H-pyrrole nitrogens is 2. The summed E-state index contributed by atoms with van der Waals surface area (Å²) in [6.07, 6.45) is 16.7. The Kier molecular flexibility index (Phi) is 8.06. The van der Waals surface area contributed by atoms with Crippen molar-refractivity contribution in [3.8, 4) is 33.6 Å². The number of aromatic nitrogens is 4. The molecule has 0 bridgehead atoms. The number of aromatic amines is 2. The van der Waals surface area contributed by atoms with Gasteiger partial charge in [0.05, 0.1) is 35.9 Å². The van der Waals surface area contributed by atoms with E-state index < -0.39 is 5.60 Å². The number of ether oxygens (including phenoxy) is 1. The number of hydrogen-bond acceptors (Lipinski definition) is 5. The molecule has 2 saturated heterocycles. The van der Waals surface area contributed by atoms with Crippen LogP contribution in [-0.2, 0) is 17.6 Å². The van der Waals surface area contributed by atoms with Gasteiger partial charge < -0.3 is 20.0 Å². The summed E-state index contributed by atoms with van der Waals surface area (Å²) in [7, 11) is 0. The van der Waals surface area contributed by atoms with Crippen molar-refractivity contribution in [3.05, 3.63) is 83.7 Å². The highest BCUT2D eigenvalue weighted by molar-refractivity contribution is 5.91. The molecule has 1 amide bonds. The van der Waals surface area contributed by atoms with Crippen LogP contribution in [-0.4, -0.2) is 49.6 Å². The highest BCUT2D eigenvalue weighted by Gasteiger charge is 2.41. The lowest BCUT2D eigenvalue weighted by Gasteiger charge is -2.33. The monoisotopic (exact) mass is 682 g/mol. The van der Waals surface area contributed by atoms with Crippen molar-refractivity contribution < 1.29 is 9.53 Å². The van der Waals surface area contributed by atoms with Crippen molar-refractivity contribution in [3.63, 3.8) is 0 Å². The quantitative estimate of drug-likeness (QED) is 0.171. The Bertz CT molecular complexity index is 2090. The Morgan fingerprint density at radius 3 is 2.24 bits per heavy atom. The van der Waals surface area contributed by atoms with Crippen LogP contribution >= 0.6 is 0 Å². The zero-order valence-electron chi connectivity index (χ0n) is 30.3. The third-order valence-electron chi connectivity index (χ3n) is 12.0.